The highest BCUT2D eigenvalue weighted by Crippen LogP contribution is 2.57. The van der Waals surface area contributed by atoms with Crippen LogP contribution in [0.2, 0.25) is 0 Å². The summed E-state index contributed by atoms with van der Waals surface area (Å²) in [5.74, 6) is 8.89. The third-order valence-corrected chi connectivity index (χ3v) is 5.46. The highest BCUT2D eigenvalue weighted by Gasteiger charge is 2.52. The van der Waals surface area contributed by atoms with Crippen molar-refractivity contribution in [2.24, 2.45) is 23.7 Å². The minimum atomic E-state index is 0.122. The molecule has 0 atom stereocenters. The van der Waals surface area contributed by atoms with E-state index in [1.54, 1.807) is 0 Å². The molecule has 0 amide bonds. The van der Waals surface area contributed by atoms with E-state index in [-0.39, 0.29) is 5.60 Å². The Kier molecular flexibility index (Phi) is 3.00. The van der Waals surface area contributed by atoms with E-state index in [0.29, 0.717) is 6.61 Å². The SMILES string of the molecule is NOCc1cccc(OC23CC4CC(CC(C4)C2)C3)c1. The van der Waals surface area contributed by atoms with E-state index < -0.39 is 0 Å². The van der Waals surface area contributed by atoms with Gasteiger partial charge in [0.05, 0.1) is 6.61 Å². The standard InChI is InChI=1S/C17H23NO2/c18-19-11-12-2-1-3-16(7-12)20-17-8-13-4-14(9-17)6-15(5-13)10-17/h1-3,7,13-15H,4-6,8-11,18H2. The fraction of sp³-hybridized carbons (Fsp3) is 0.647. The molecule has 1 aromatic carbocycles. The van der Waals surface area contributed by atoms with E-state index in [9.17, 15) is 0 Å². The Morgan fingerprint density at radius 1 is 1.05 bits per heavy atom. The summed E-state index contributed by atoms with van der Waals surface area (Å²) in [7, 11) is 0. The van der Waals surface area contributed by atoms with Gasteiger partial charge in [-0.1, -0.05) is 12.1 Å². The van der Waals surface area contributed by atoms with Crippen molar-refractivity contribution in [3.05, 3.63) is 29.8 Å². The van der Waals surface area contributed by atoms with Gasteiger partial charge in [0.15, 0.2) is 0 Å². The summed E-state index contributed by atoms with van der Waals surface area (Å²) < 4.78 is 6.51. The summed E-state index contributed by atoms with van der Waals surface area (Å²) in [4.78, 5) is 4.72. The topological polar surface area (TPSA) is 44.5 Å². The Hall–Kier alpha value is -1.06. The molecule has 0 aliphatic heterocycles. The number of benzene rings is 1. The first kappa shape index (κ1) is 12.7. The van der Waals surface area contributed by atoms with Crippen molar-refractivity contribution in [2.45, 2.75) is 50.7 Å². The maximum atomic E-state index is 6.51. The molecule has 0 saturated heterocycles. The number of hydrogen-bond donors (Lipinski definition) is 1. The first-order valence-corrected chi connectivity index (χ1v) is 7.84. The van der Waals surface area contributed by atoms with Crippen molar-refractivity contribution in [3.8, 4) is 5.75 Å². The lowest BCUT2D eigenvalue weighted by atomic mass is 9.54. The molecular formula is C17H23NO2. The Morgan fingerprint density at radius 2 is 1.70 bits per heavy atom. The van der Waals surface area contributed by atoms with Crippen molar-refractivity contribution in [1.82, 2.24) is 0 Å². The van der Waals surface area contributed by atoms with Crippen molar-refractivity contribution in [1.29, 1.82) is 0 Å². The molecule has 20 heavy (non-hydrogen) atoms. The van der Waals surface area contributed by atoms with E-state index in [2.05, 4.69) is 12.1 Å². The molecule has 5 rings (SSSR count). The molecule has 0 heterocycles. The third kappa shape index (κ3) is 2.23. The molecule has 108 valence electrons. The van der Waals surface area contributed by atoms with Crippen LogP contribution in [0, 0.1) is 17.8 Å². The van der Waals surface area contributed by atoms with Gasteiger partial charge in [0.2, 0.25) is 0 Å². The van der Waals surface area contributed by atoms with Crippen LogP contribution in [-0.2, 0) is 11.4 Å². The average molecular weight is 273 g/mol. The molecule has 2 N–H and O–H groups in total. The van der Waals surface area contributed by atoms with Crippen LogP contribution in [0.25, 0.3) is 0 Å². The van der Waals surface area contributed by atoms with E-state index >= 15 is 0 Å². The molecule has 4 aliphatic rings. The first-order chi connectivity index (χ1) is 9.75. The van der Waals surface area contributed by atoms with Crippen molar-refractivity contribution >= 4 is 0 Å². The lowest BCUT2D eigenvalue weighted by Crippen LogP contribution is -2.53. The molecule has 0 radical (unpaired) electrons. The molecule has 3 heteroatoms. The van der Waals surface area contributed by atoms with Crippen LogP contribution in [-0.4, -0.2) is 5.60 Å². The van der Waals surface area contributed by atoms with Crippen LogP contribution in [0.3, 0.4) is 0 Å². The van der Waals surface area contributed by atoms with E-state index in [4.69, 9.17) is 15.5 Å². The summed E-state index contributed by atoms with van der Waals surface area (Å²) in [6.45, 7) is 0.443. The second-order valence-corrected chi connectivity index (χ2v) is 7.16. The van der Waals surface area contributed by atoms with Gasteiger partial charge in [-0.2, -0.15) is 0 Å². The van der Waals surface area contributed by atoms with Crippen LogP contribution >= 0.6 is 0 Å². The minimum absolute atomic E-state index is 0.122. The molecule has 0 spiro atoms. The number of rotatable bonds is 4. The molecule has 3 nitrogen and oxygen atoms in total. The second kappa shape index (κ2) is 4.74. The number of ether oxygens (including phenoxy) is 1. The van der Waals surface area contributed by atoms with Crippen LogP contribution in [0.4, 0.5) is 0 Å². The summed E-state index contributed by atoms with van der Waals surface area (Å²) >= 11 is 0. The normalized spacial score (nSPS) is 38.1. The molecule has 0 unspecified atom stereocenters. The quantitative estimate of drug-likeness (QED) is 0.855. The van der Waals surface area contributed by atoms with E-state index in [0.717, 1.165) is 29.1 Å². The molecule has 4 saturated carbocycles. The van der Waals surface area contributed by atoms with Gasteiger partial charge in [0.1, 0.15) is 11.4 Å². The van der Waals surface area contributed by atoms with Crippen LogP contribution in [0.1, 0.15) is 44.1 Å². The van der Waals surface area contributed by atoms with Gasteiger partial charge in [-0.3, -0.25) is 4.84 Å². The fourth-order valence-electron chi connectivity index (χ4n) is 5.20. The summed E-state index contributed by atoms with van der Waals surface area (Å²) in [5, 5.41) is 0. The Labute approximate surface area is 120 Å². The number of hydrogen-bond acceptors (Lipinski definition) is 3. The van der Waals surface area contributed by atoms with Crippen molar-refractivity contribution in [2.75, 3.05) is 0 Å². The van der Waals surface area contributed by atoms with Crippen molar-refractivity contribution in [3.63, 3.8) is 0 Å². The summed E-state index contributed by atoms with van der Waals surface area (Å²) in [6.07, 6.45) is 8.13. The highest BCUT2D eigenvalue weighted by molar-refractivity contribution is 5.29. The van der Waals surface area contributed by atoms with Gasteiger partial charge in [-0.15, -0.1) is 0 Å². The molecule has 1 aromatic rings. The average Bonchev–Trinajstić information content (AvgIpc) is 2.37. The zero-order chi connectivity index (χ0) is 13.6. The largest absolute Gasteiger partial charge is 0.487 e. The third-order valence-electron chi connectivity index (χ3n) is 5.46. The molecule has 4 bridgehead atoms. The van der Waals surface area contributed by atoms with Gasteiger partial charge in [-0.25, -0.2) is 5.90 Å². The van der Waals surface area contributed by atoms with Crippen LogP contribution < -0.4 is 10.6 Å². The Balaban J connectivity index is 1.55. The minimum Gasteiger partial charge on any atom is -0.487 e. The zero-order valence-corrected chi connectivity index (χ0v) is 11.9. The lowest BCUT2D eigenvalue weighted by molar-refractivity contribution is -0.107. The van der Waals surface area contributed by atoms with Gasteiger partial charge >= 0.3 is 0 Å². The molecule has 4 aliphatic carbocycles. The van der Waals surface area contributed by atoms with E-state index in [1.807, 2.05) is 12.1 Å². The summed E-state index contributed by atoms with van der Waals surface area (Å²) in [6, 6.07) is 8.20. The Morgan fingerprint density at radius 3 is 2.30 bits per heavy atom. The van der Waals surface area contributed by atoms with Gasteiger partial charge < -0.3 is 4.74 Å². The van der Waals surface area contributed by atoms with Crippen LogP contribution in [0.5, 0.6) is 5.75 Å². The maximum Gasteiger partial charge on any atom is 0.120 e. The predicted molar refractivity (Wildman–Crippen MR) is 76.9 cm³/mol. The predicted octanol–water partition coefficient (Wildman–Crippen LogP) is 3.42. The maximum absolute atomic E-state index is 6.51. The highest BCUT2D eigenvalue weighted by atomic mass is 16.6. The van der Waals surface area contributed by atoms with Gasteiger partial charge in [0.25, 0.3) is 0 Å². The van der Waals surface area contributed by atoms with Gasteiger partial charge in [0, 0.05) is 0 Å². The monoisotopic (exact) mass is 273 g/mol. The summed E-state index contributed by atoms with van der Waals surface area (Å²) in [5.41, 5.74) is 1.20. The zero-order valence-electron chi connectivity index (χ0n) is 11.9. The number of nitrogens with two attached hydrogens (primary N) is 1. The van der Waals surface area contributed by atoms with Crippen LogP contribution in [0.15, 0.2) is 24.3 Å². The molecule has 4 fully saturated rings. The van der Waals surface area contributed by atoms with Gasteiger partial charge in [-0.05, 0) is 74.0 Å². The second-order valence-electron chi connectivity index (χ2n) is 7.16. The smallest absolute Gasteiger partial charge is 0.120 e. The van der Waals surface area contributed by atoms with E-state index in [1.165, 1.54) is 38.5 Å². The Bertz CT molecular complexity index is 464. The first-order valence-electron chi connectivity index (χ1n) is 7.84. The molecular weight excluding hydrogens is 250 g/mol. The van der Waals surface area contributed by atoms with Crippen molar-refractivity contribution < 1.29 is 9.57 Å². The lowest BCUT2D eigenvalue weighted by Gasteiger charge is -2.56. The fourth-order valence-corrected chi connectivity index (χ4v) is 5.20. The molecule has 0 aromatic heterocycles.